The zero-order chi connectivity index (χ0) is 21.1. The molecule has 0 spiro atoms. The van der Waals surface area contributed by atoms with Crippen LogP contribution in [0.25, 0.3) is 23.3 Å². The number of halogens is 1. The Kier molecular flexibility index (Phi) is 6.41. The van der Waals surface area contributed by atoms with E-state index in [0.29, 0.717) is 23.0 Å². The van der Waals surface area contributed by atoms with Crippen LogP contribution in [-0.2, 0) is 22.1 Å². The lowest BCUT2D eigenvalue weighted by molar-refractivity contribution is 0.186. The van der Waals surface area contributed by atoms with Crippen molar-refractivity contribution < 1.29 is 8.95 Å². The molecule has 0 radical (unpaired) electrons. The van der Waals surface area contributed by atoms with E-state index in [4.69, 9.17) is 10.1 Å². The van der Waals surface area contributed by atoms with Gasteiger partial charge in [0.15, 0.2) is 0 Å². The van der Waals surface area contributed by atoms with Crippen molar-refractivity contribution in [3.8, 4) is 0 Å². The van der Waals surface area contributed by atoms with Gasteiger partial charge in [0.2, 0.25) is 0 Å². The Balaban J connectivity index is 2.37. The maximum absolute atomic E-state index is 13.2. The van der Waals surface area contributed by atoms with Crippen LogP contribution >= 0.6 is 15.9 Å². The summed E-state index contributed by atoms with van der Waals surface area (Å²) in [7, 11) is -0.109. The molecule has 0 saturated carbocycles. The van der Waals surface area contributed by atoms with Gasteiger partial charge in [-0.05, 0) is 36.4 Å². The number of benzene rings is 1. The number of rotatable bonds is 7. The molecule has 0 aliphatic heterocycles. The van der Waals surface area contributed by atoms with E-state index >= 15 is 0 Å². The van der Waals surface area contributed by atoms with Gasteiger partial charge in [-0.25, -0.2) is 9.19 Å². The molecule has 1 unspecified atom stereocenters. The van der Waals surface area contributed by atoms with Gasteiger partial charge in [0, 0.05) is 29.2 Å². The second kappa shape index (κ2) is 8.81. The Labute approximate surface area is 178 Å². The first-order chi connectivity index (χ1) is 13.9. The topological polar surface area (TPSA) is 90.0 Å². The zero-order valence-electron chi connectivity index (χ0n) is 15.7. The summed E-state index contributed by atoms with van der Waals surface area (Å²) in [5.74, 6) is 0.310. The van der Waals surface area contributed by atoms with Crippen LogP contribution in [0.5, 0.6) is 0 Å². The van der Waals surface area contributed by atoms with E-state index in [-0.39, 0.29) is 27.9 Å². The smallest absolute Gasteiger partial charge is 0.267 e. The molecule has 3 rings (SSSR count). The molecule has 0 bridgehead atoms. The molecule has 29 heavy (non-hydrogen) atoms. The third-order valence-electron chi connectivity index (χ3n) is 4.30. The van der Waals surface area contributed by atoms with Gasteiger partial charge >= 0.3 is 0 Å². The summed E-state index contributed by atoms with van der Waals surface area (Å²) in [4.78, 5) is 18.3. The van der Waals surface area contributed by atoms with Crippen LogP contribution < -0.4 is 11.0 Å². The minimum Gasteiger partial charge on any atom is -0.383 e. The van der Waals surface area contributed by atoms with E-state index in [1.807, 2.05) is 0 Å². The molecule has 9 heteroatoms. The van der Waals surface area contributed by atoms with E-state index in [2.05, 4.69) is 34.1 Å². The van der Waals surface area contributed by atoms with Crippen LogP contribution in [0.15, 0.2) is 62.5 Å². The lowest BCUT2D eigenvalue weighted by Crippen LogP contribution is -2.30. The van der Waals surface area contributed by atoms with Crippen LogP contribution in [0.3, 0.4) is 0 Å². The predicted molar refractivity (Wildman–Crippen MR) is 117 cm³/mol. The number of hydrogen-bond donors (Lipinski definition) is 1. The Morgan fingerprint density at radius 1 is 1.31 bits per heavy atom. The normalized spacial score (nSPS) is 12.1. The molecule has 0 saturated heterocycles. The molecular weight excluding hydrogens is 456 g/mol. The third kappa shape index (κ3) is 3.93. The van der Waals surface area contributed by atoms with E-state index in [1.54, 1.807) is 31.4 Å². The standard InChI is InChI=1S/C20H19BrN4O3S/c1-4-17-23-19-15(20(26)24(17)5-2)12-16(18(22)25(19)10-11-28-3)29(27)14-8-6-13(21)7-9-14/h4-9,12,22H,1-2,10-11H2,3H3. The summed E-state index contributed by atoms with van der Waals surface area (Å²) >= 11 is 3.35. The number of methoxy groups -OCH3 is 1. The maximum Gasteiger partial charge on any atom is 0.267 e. The number of pyridine rings is 1. The van der Waals surface area contributed by atoms with E-state index in [9.17, 15) is 9.00 Å². The van der Waals surface area contributed by atoms with Crippen molar-refractivity contribution in [2.45, 2.75) is 16.3 Å². The summed E-state index contributed by atoms with van der Waals surface area (Å²) in [5, 5.41) is 8.87. The molecule has 1 atom stereocenters. The molecule has 2 heterocycles. The Hall–Kier alpha value is -2.62. The third-order valence-corrected chi connectivity index (χ3v) is 6.24. The Bertz CT molecular complexity index is 1250. The van der Waals surface area contributed by atoms with Crippen molar-refractivity contribution in [3.63, 3.8) is 0 Å². The van der Waals surface area contributed by atoms with Crippen molar-refractivity contribution >= 4 is 50.0 Å². The zero-order valence-corrected chi connectivity index (χ0v) is 18.1. The molecule has 7 nitrogen and oxygen atoms in total. The first kappa shape index (κ1) is 21.1. The van der Waals surface area contributed by atoms with Gasteiger partial charge in [-0.2, -0.15) is 0 Å². The Morgan fingerprint density at radius 2 is 2.00 bits per heavy atom. The summed E-state index contributed by atoms with van der Waals surface area (Å²) in [6, 6.07) is 8.45. The van der Waals surface area contributed by atoms with Crippen LogP contribution in [0.1, 0.15) is 5.82 Å². The highest BCUT2D eigenvalue weighted by Crippen LogP contribution is 2.19. The largest absolute Gasteiger partial charge is 0.383 e. The van der Waals surface area contributed by atoms with Gasteiger partial charge in [0.25, 0.3) is 5.56 Å². The second-order valence-electron chi connectivity index (χ2n) is 5.99. The monoisotopic (exact) mass is 474 g/mol. The van der Waals surface area contributed by atoms with Gasteiger partial charge in [-0.3, -0.25) is 14.8 Å². The molecule has 150 valence electrons. The number of nitrogens with one attached hydrogen (secondary N) is 1. The van der Waals surface area contributed by atoms with Gasteiger partial charge in [-0.1, -0.05) is 29.1 Å². The predicted octanol–water partition coefficient (Wildman–Crippen LogP) is 3.00. The first-order valence-electron chi connectivity index (χ1n) is 8.58. The minimum atomic E-state index is -1.65. The fourth-order valence-corrected chi connectivity index (χ4v) is 4.28. The first-order valence-corrected chi connectivity index (χ1v) is 10.5. The van der Waals surface area contributed by atoms with Crippen molar-refractivity contribution in [3.05, 3.63) is 69.6 Å². The van der Waals surface area contributed by atoms with Crippen LogP contribution in [0.2, 0.25) is 0 Å². The molecule has 0 fully saturated rings. The lowest BCUT2D eigenvalue weighted by atomic mass is 10.3. The van der Waals surface area contributed by atoms with E-state index in [1.165, 1.54) is 27.5 Å². The van der Waals surface area contributed by atoms with Gasteiger partial charge in [0.05, 0.1) is 27.7 Å². The van der Waals surface area contributed by atoms with Gasteiger partial charge in [0.1, 0.15) is 17.0 Å². The van der Waals surface area contributed by atoms with Crippen LogP contribution in [0, 0.1) is 5.41 Å². The number of aromatic nitrogens is 3. The fourth-order valence-electron chi connectivity index (χ4n) is 2.87. The van der Waals surface area contributed by atoms with Gasteiger partial charge < -0.3 is 9.30 Å². The quantitative estimate of drug-likeness (QED) is 0.569. The SMILES string of the molecule is C=Cc1nc2c(cc(S(=O)c3ccc(Br)cc3)c(=N)n2CCOC)c(=O)n1C=C. The summed E-state index contributed by atoms with van der Waals surface area (Å²) in [6.45, 7) is 7.93. The number of nitrogens with zero attached hydrogens (tertiary/aromatic N) is 3. The molecule has 0 amide bonds. The highest BCUT2D eigenvalue weighted by atomic mass is 79.9. The molecule has 1 N–H and O–H groups in total. The summed E-state index contributed by atoms with van der Waals surface area (Å²) in [6.07, 6.45) is 2.80. The molecule has 1 aromatic carbocycles. The molecule has 3 aromatic rings. The summed E-state index contributed by atoms with van der Waals surface area (Å²) in [5.41, 5.74) is -0.0594. The van der Waals surface area contributed by atoms with Crippen molar-refractivity contribution in [2.24, 2.45) is 0 Å². The second-order valence-corrected chi connectivity index (χ2v) is 8.36. The average Bonchev–Trinajstić information content (AvgIpc) is 2.72. The molecule has 2 aromatic heterocycles. The highest BCUT2D eigenvalue weighted by Gasteiger charge is 2.18. The maximum atomic E-state index is 13.2. The van der Waals surface area contributed by atoms with Crippen molar-refractivity contribution in [1.29, 1.82) is 5.41 Å². The summed E-state index contributed by atoms with van der Waals surface area (Å²) < 4.78 is 22.0. The van der Waals surface area contributed by atoms with Crippen LogP contribution in [-0.4, -0.2) is 32.0 Å². The lowest BCUT2D eigenvalue weighted by Gasteiger charge is -2.15. The van der Waals surface area contributed by atoms with Gasteiger partial charge in [-0.15, -0.1) is 0 Å². The molecule has 0 aliphatic rings. The number of fused-ring (bicyclic) bond motifs is 1. The molecule has 0 aliphatic carbocycles. The Morgan fingerprint density at radius 3 is 2.59 bits per heavy atom. The van der Waals surface area contributed by atoms with E-state index < -0.39 is 10.8 Å². The van der Waals surface area contributed by atoms with Crippen molar-refractivity contribution in [2.75, 3.05) is 13.7 Å². The number of ether oxygens (including phenoxy) is 1. The average molecular weight is 475 g/mol. The van der Waals surface area contributed by atoms with Crippen molar-refractivity contribution in [1.82, 2.24) is 14.1 Å². The minimum absolute atomic E-state index is 0.00840. The fraction of sp³-hybridized carbons (Fsp3) is 0.150. The van der Waals surface area contributed by atoms with E-state index in [0.717, 1.165) is 4.47 Å². The highest BCUT2D eigenvalue weighted by molar-refractivity contribution is 9.10. The number of hydrogen-bond acceptors (Lipinski definition) is 5. The van der Waals surface area contributed by atoms with Crippen LogP contribution in [0.4, 0.5) is 0 Å². The molecular formula is C20H19BrN4O3S.